The van der Waals surface area contributed by atoms with Crippen molar-refractivity contribution in [2.24, 2.45) is 12.8 Å². The van der Waals surface area contributed by atoms with Crippen LogP contribution in [-0.2, 0) is 19.9 Å². The predicted octanol–water partition coefficient (Wildman–Crippen LogP) is 1.54. The number of methoxy groups -OCH3 is 1. The summed E-state index contributed by atoms with van der Waals surface area (Å²) in [4.78, 5) is 4.29. The molecule has 0 bridgehead atoms. The standard InChI is InChI=1S/C14H19N3O/c1-17-7-6-16-14(17)10-12(15)8-11-4-3-5-13(9-11)18-2/h3-7,9,12H,8,10,15H2,1-2H3. The van der Waals surface area contributed by atoms with Gasteiger partial charge in [-0.2, -0.15) is 0 Å². The lowest BCUT2D eigenvalue weighted by Gasteiger charge is -2.12. The highest BCUT2D eigenvalue weighted by atomic mass is 16.5. The van der Waals surface area contributed by atoms with Crippen LogP contribution in [0.1, 0.15) is 11.4 Å². The number of nitrogens with two attached hydrogens (primary N) is 1. The number of nitrogens with zero attached hydrogens (tertiary/aromatic N) is 2. The molecule has 0 amide bonds. The minimum absolute atomic E-state index is 0.0678. The molecule has 1 aromatic carbocycles. The highest BCUT2D eigenvalue weighted by Crippen LogP contribution is 2.14. The maximum atomic E-state index is 6.16. The third-order valence-electron chi connectivity index (χ3n) is 3.00. The molecule has 0 aliphatic carbocycles. The fourth-order valence-corrected chi connectivity index (χ4v) is 2.00. The fourth-order valence-electron chi connectivity index (χ4n) is 2.00. The monoisotopic (exact) mass is 245 g/mol. The zero-order valence-electron chi connectivity index (χ0n) is 10.8. The van der Waals surface area contributed by atoms with Crippen LogP contribution in [0, 0.1) is 0 Å². The Morgan fingerprint density at radius 1 is 1.39 bits per heavy atom. The molecule has 0 saturated carbocycles. The van der Waals surface area contributed by atoms with Crippen LogP contribution in [-0.4, -0.2) is 22.7 Å². The second-order valence-electron chi connectivity index (χ2n) is 4.47. The molecule has 2 N–H and O–H groups in total. The summed E-state index contributed by atoms with van der Waals surface area (Å²) in [6.07, 6.45) is 5.34. The summed E-state index contributed by atoms with van der Waals surface area (Å²) in [6, 6.07) is 8.09. The summed E-state index contributed by atoms with van der Waals surface area (Å²) in [5.41, 5.74) is 7.35. The van der Waals surface area contributed by atoms with Gasteiger partial charge in [0.1, 0.15) is 11.6 Å². The molecule has 18 heavy (non-hydrogen) atoms. The Hall–Kier alpha value is -1.81. The van der Waals surface area contributed by atoms with Gasteiger partial charge in [0.25, 0.3) is 0 Å². The van der Waals surface area contributed by atoms with Crippen molar-refractivity contribution in [3.05, 3.63) is 48.0 Å². The van der Waals surface area contributed by atoms with E-state index in [4.69, 9.17) is 10.5 Å². The first-order valence-electron chi connectivity index (χ1n) is 6.03. The zero-order chi connectivity index (χ0) is 13.0. The van der Waals surface area contributed by atoms with Crippen LogP contribution in [0.15, 0.2) is 36.7 Å². The van der Waals surface area contributed by atoms with Crippen molar-refractivity contribution in [2.75, 3.05) is 7.11 Å². The molecule has 2 aromatic rings. The number of rotatable bonds is 5. The molecule has 0 aliphatic rings. The SMILES string of the molecule is COc1cccc(CC(N)Cc2nccn2C)c1. The molecule has 4 heteroatoms. The molecule has 0 aliphatic heterocycles. The van der Waals surface area contributed by atoms with E-state index in [0.717, 1.165) is 24.4 Å². The smallest absolute Gasteiger partial charge is 0.119 e. The Morgan fingerprint density at radius 2 is 2.22 bits per heavy atom. The van der Waals surface area contributed by atoms with E-state index in [-0.39, 0.29) is 6.04 Å². The minimum Gasteiger partial charge on any atom is -0.497 e. The van der Waals surface area contributed by atoms with Gasteiger partial charge < -0.3 is 15.0 Å². The average Bonchev–Trinajstić information content (AvgIpc) is 2.75. The highest BCUT2D eigenvalue weighted by Gasteiger charge is 2.09. The lowest BCUT2D eigenvalue weighted by molar-refractivity contribution is 0.414. The van der Waals surface area contributed by atoms with Gasteiger partial charge in [0.2, 0.25) is 0 Å². The third kappa shape index (κ3) is 3.11. The van der Waals surface area contributed by atoms with Crippen molar-refractivity contribution in [1.29, 1.82) is 0 Å². The van der Waals surface area contributed by atoms with Crippen molar-refractivity contribution < 1.29 is 4.74 Å². The summed E-state index contributed by atoms with van der Waals surface area (Å²) >= 11 is 0. The van der Waals surface area contributed by atoms with E-state index in [0.29, 0.717) is 0 Å². The molecule has 0 saturated heterocycles. The van der Waals surface area contributed by atoms with E-state index in [2.05, 4.69) is 11.1 Å². The summed E-state index contributed by atoms with van der Waals surface area (Å²) in [5.74, 6) is 1.89. The summed E-state index contributed by atoms with van der Waals surface area (Å²) in [7, 11) is 3.66. The van der Waals surface area contributed by atoms with E-state index >= 15 is 0 Å². The van der Waals surface area contributed by atoms with Crippen LogP contribution in [0.4, 0.5) is 0 Å². The summed E-state index contributed by atoms with van der Waals surface area (Å²) in [5, 5.41) is 0. The lowest BCUT2D eigenvalue weighted by Crippen LogP contribution is -2.26. The molecule has 4 nitrogen and oxygen atoms in total. The van der Waals surface area contributed by atoms with Crippen LogP contribution in [0.3, 0.4) is 0 Å². The van der Waals surface area contributed by atoms with Gasteiger partial charge in [-0.25, -0.2) is 4.98 Å². The Balaban J connectivity index is 1.98. The number of benzene rings is 1. The van der Waals surface area contributed by atoms with Gasteiger partial charge in [-0.3, -0.25) is 0 Å². The van der Waals surface area contributed by atoms with Crippen molar-refractivity contribution in [2.45, 2.75) is 18.9 Å². The summed E-state index contributed by atoms with van der Waals surface area (Å²) < 4.78 is 7.21. The van der Waals surface area contributed by atoms with Crippen molar-refractivity contribution in [3.8, 4) is 5.75 Å². The maximum absolute atomic E-state index is 6.16. The van der Waals surface area contributed by atoms with Crippen LogP contribution in [0.2, 0.25) is 0 Å². The Kier molecular flexibility index (Phi) is 3.99. The second kappa shape index (κ2) is 5.69. The van der Waals surface area contributed by atoms with Crippen molar-refractivity contribution >= 4 is 0 Å². The van der Waals surface area contributed by atoms with Crippen LogP contribution < -0.4 is 10.5 Å². The first-order chi connectivity index (χ1) is 8.69. The largest absolute Gasteiger partial charge is 0.497 e. The van der Waals surface area contributed by atoms with Crippen LogP contribution in [0.5, 0.6) is 5.75 Å². The van der Waals surface area contributed by atoms with Crippen molar-refractivity contribution in [3.63, 3.8) is 0 Å². The number of aryl methyl sites for hydroxylation is 1. The Bertz CT molecular complexity index is 507. The molecule has 1 atom stereocenters. The van der Waals surface area contributed by atoms with E-state index in [9.17, 15) is 0 Å². The van der Waals surface area contributed by atoms with Gasteiger partial charge in [-0.15, -0.1) is 0 Å². The van der Waals surface area contributed by atoms with Gasteiger partial charge in [-0.05, 0) is 24.1 Å². The average molecular weight is 245 g/mol. The van der Waals surface area contributed by atoms with E-state index < -0.39 is 0 Å². The molecular weight excluding hydrogens is 226 g/mol. The number of imidazole rings is 1. The first kappa shape index (κ1) is 12.6. The summed E-state index contributed by atoms with van der Waals surface area (Å²) in [6.45, 7) is 0. The molecule has 0 radical (unpaired) electrons. The predicted molar refractivity (Wildman–Crippen MR) is 71.6 cm³/mol. The molecule has 2 rings (SSSR count). The quantitative estimate of drug-likeness (QED) is 0.869. The van der Waals surface area contributed by atoms with Gasteiger partial charge in [0, 0.05) is 31.9 Å². The topological polar surface area (TPSA) is 53.1 Å². The van der Waals surface area contributed by atoms with Gasteiger partial charge in [-0.1, -0.05) is 12.1 Å². The maximum Gasteiger partial charge on any atom is 0.119 e. The zero-order valence-corrected chi connectivity index (χ0v) is 10.8. The lowest BCUT2D eigenvalue weighted by atomic mass is 10.0. The van der Waals surface area contributed by atoms with E-state index in [1.54, 1.807) is 13.3 Å². The highest BCUT2D eigenvalue weighted by molar-refractivity contribution is 5.29. The van der Waals surface area contributed by atoms with E-state index in [1.165, 1.54) is 5.56 Å². The molecule has 1 unspecified atom stereocenters. The molecule has 96 valence electrons. The van der Waals surface area contributed by atoms with Gasteiger partial charge in [0.05, 0.1) is 7.11 Å². The Labute approximate surface area is 107 Å². The van der Waals surface area contributed by atoms with Gasteiger partial charge in [0.15, 0.2) is 0 Å². The molecule has 0 fully saturated rings. The van der Waals surface area contributed by atoms with E-state index in [1.807, 2.05) is 36.0 Å². The number of hydrogen-bond donors (Lipinski definition) is 1. The molecule has 1 aromatic heterocycles. The van der Waals surface area contributed by atoms with Crippen LogP contribution in [0.25, 0.3) is 0 Å². The molecule has 0 spiro atoms. The minimum atomic E-state index is 0.0678. The third-order valence-corrected chi connectivity index (χ3v) is 3.00. The number of hydrogen-bond acceptors (Lipinski definition) is 3. The van der Waals surface area contributed by atoms with Gasteiger partial charge >= 0.3 is 0 Å². The van der Waals surface area contributed by atoms with Crippen LogP contribution >= 0.6 is 0 Å². The second-order valence-corrected chi connectivity index (χ2v) is 4.47. The number of ether oxygens (including phenoxy) is 1. The van der Waals surface area contributed by atoms with Crippen molar-refractivity contribution in [1.82, 2.24) is 9.55 Å². The Morgan fingerprint density at radius 3 is 2.89 bits per heavy atom. The normalized spacial score (nSPS) is 12.4. The number of aromatic nitrogens is 2. The first-order valence-corrected chi connectivity index (χ1v) is 6.03. The molecule has 1 heterocycles. The fraction of sp³-hybridized carbons (Fsp3) is 0.357. The molecular formula is C14H19N3O.